The zero-order valence-electron chi connectivity index (χ0n) is 9.67. The Balaban J connectivity index is 2.26. The third-order valence-corrected chi connectivity index (χ3v) is 3.03. The van der Waals surface area contributed by atoms with Crippen molar-refractivity contribution < 1.29 is 9.59 Å². The van der Waals surface area contributed by atoms with Gasteiger partial charge in [0.15, 0.2) is 0 Å². The van der Waals surface area contributed by atoms with Crippen LogP contribution in [0.1, 0.15) is 32.6 Å². The van der Waals surface area contributed by atoms with Crippen LogP contribution in [0.25, 0.3) is 0 Å². The minimum Gasteiger partial charge on any atom is -0.353 e. The second kappa shape index (κ2) is 6.74. The van der Waals surface area contributed by atoms with Crippen LogP contribution < -0.4 is 5.32 Å². The van der Waals surface area contributed by atoms with Crippen LogP contribution in [0.2, 0.25) is 0 Å². The lowest BCUT2D eigenvalue weighted by molar-refractivity contribution is -0.132. The van der Waals surface area contributed by atoms with Crippen LogP contribution in [0.3, 0.4) is 0 Å². The molecule has 1 fully saturated rings. The maximum absolute atomic E-state index is 11.4. The summed E-state index contributed by atoms with van der Waals surface area (Å²) in [5.74, 6) is 0.569. The van der Waals surface area contributed by atoms with Gasteiger partial charge in [-0.3, -0.25) is 9.59 Å². The topological polar surface area (TPSA) is 49.4 Å². The molecule has 16 heavy (non-hydrogen) atoms. The van der Waals surface area contributed by atoms with Gasteiger partial charge < -0.3 is 10.2 Å². The van der Waals surface area contributed by atoms with E-state index in [1.54, 1.807) is 0 Å². The first-order valence-electron chi connectivity index (χ1n) is 5.80. The molecule has 0 spiro atoms. The van der Waals surface area contributed by atoms with Crippen molar-refractivity contribution in [1.29, 1.82) is 0 Å². The van der Waals surface area contributed by atoms with Gasteiger partial charge in [-0.15, -0.1) is 11.6 Å². The normalized spacial score (nSPS) is 17.2. The Hall–Kier alpha value is -0.770. The van der Waals surface area contributed by atoms with Crippen molar-refractivity contribution in [3.05, 3.63) is 0 Å². The predicted octanol–water partition coefficient (Wildman–Crippen LogP) is 1.13. The van der Waals surface area contributed by atoms with Crippen molar-refractivity contribution in [2.24, 2.45) is 0 Å². The number of amides is 2. The number of hydrogen-bond acceptors (Lipinski definition) is 2. The summed E-state index contributed by atoms with van der Waals surface area (Å²) in [6.07, 6.45) is 2.62. The SMILES string of the molecule is CCC(=O)N1CCC(NC(=O)CCCl)CC1. The molecule has 1 saturated heterocycles. The monoisotopic (exact) mass is 246 g/mol. The van der Waals surface area contributed by atoms with E-state index in [0.717, 1.165) is 25.9 Å². The Labute approximate surface area is 101 Å². The van der Waals surface area contributed by atoms with E-state index in [1.165, 1.54) is 0 Å². The number of carbonyl (C=O) groups is 2. The van der Waals surface area contributed by atoms with Crippen LogP contribution >= 0.6 is 11.6 Å². The van der Waals surface area contributed by atoms with Gasteiger partial charge in [-0.05, 0) is 12.8 Å². The predicted molar refractivity (Wildman–Crippen MR) is 63.4 cm³/mol. The highest BCUT2D eigenvalue weighted by Crippen LogP contribution is 2.11. The number of likely N-dealkylation sites (tertiary alicyclic amines) is 1. The van der Waals surface area contributed by atoms with Crippen molar-refractivity contribution in [3.63, 3.8) is 0 Å². The minimum atomic E-state index is 0.00951. The highest BCUT2D eigenvalue weighted by molar-refractivity contribution is 6.18. The van der Waals surface area contributed by atoms with E-state index in [1.807, 2.05) is 11.8 Å². The summed E-state index contributed by atoms with van der Waals surface area (Å²) in [7, 11) is 0. The maximum atomic E-state index is 11.4. The van der Waals surface area contributed by atoms with Crippen LogP contribution in [0.4, 0.5) is 0 Å². The summed E-state index contributed by atoms with van der Waals surface area (Å²) >= 11 is 5.48. The summed E-state index contributed by atoms with van der Waals surface area (Å²) in [5.41, 5.74) is 0. The molecule has 4 nitrogen and oxygen atoms in total. The first-order chi connectivity index (χ1) is 7.67. The molecule has 2 amide bonds. The fourth-order valence-corrected chi connectivity index (χ4v) is 2.05. The number of nitrogens with zero attached hydrogens (tertiary/aromatic N) is 1. The number of nitrogens with one attached hydrogen (secondary N) is 1. The largest absolute Gasteiger partial charge is 0.353 e. The lowest BCUT2D eigenvalue weighted by Crippen LogP contribution is -2.46. The van der Waals surface area contributed by atoms with E-state index >= 15 is 0 Å². The lowest BCUT2D eigenvalue weighted by Gasteiger charge is -2.32. The number of rotatable bonds is 4. The molecular weight excluding hydrogens is 228 g/mol. The van der Waals surface area contributed by atoms with Crippen molar-refractivity contribution in [2.45, 2.75) is 38.6 Å². The van der Waals surface area contributed by atoms with Gasteiger partial charge in [0.2, 0.25) is 11.8 Å². The van der Waals surface area contributed by atoms with E-state index in [2.05, 4.69) is 5.32 Å². The smallest absolute Gasteiger partial charge is 0.222 e. The highest BCUT2D eigenvalue weighted by atomic mass is 35.5. The molecule has 0 aromatic carbocycles. The molecule has 0 bridgehead atoms. The Bertz CT molecular complexity index is 250. The summed E-state index contributed by atoms with van der Waals surface area (Å²) < 4.78 is 0. The molecule has 0 atom stereocenters. The second-order valence-corrected chi connectivity index (χ2v) is 4.39. The summed E-state index contributed by atoms with van der Waals surface area (Å²) in [6, 6.07) is 0.205. The molecule has 1 N–H and O–H groups in total. The van der Waals surface area contributed by atoms with Gasteiger partial charge in [0.25, 0.3) is 0 Å². The van der Waals surface area contributed by atoms with Crippen LogP contribution in [0, 0.1) is 0 Å². The van der Waals surface area contributed by atoms with Crippen LogP contribution in [-0.4, -0.2) is 41.7 Å². The molecule has 0 aromatic heterocycles. The van der Waals surface area contributed by atoms with E-state index in [0.29, 0.717) is 18.7 Å². The third-order valence-electron chi connectivity index (χ3n) is 2.84. The highest BCUT2D eigenvalue weighted by Gasteiger charge is 2.22. The molecule has 5 heteroatoms. The number of carbonyl (C=O) groups excluding carboxylic acids is 2. The molecule has 0 radical (unpaired) electrons. The van der Waals surface area contributed by atoms with E-state index < -0.39 is 0 Å². The fourth-order valence-electron chi connectivity index (χ4n) is 1.88. The van der Waals surface area contributed by atoms with Gasteiger partial charge in [0.05, 0.1) is 0 Å². The fraction of sp³-hybridized carbons (Fsp3) is 0.818. The van der Waals surface area contributed by atoms with Gasteiger partial charge in [-0.2, -0.15) is 0 Å². The molecule has 1 aliphatic rings. The summed E-state index contributed by atoms with van der Waals surface area (Å²) in [4.78, 5) is 24.6. The molecule has 0 aromatic rings. The number of halogens is 1. The van der Waals surface area contributed by atoms with Crippen LogP contribution in [0.5, 0.6) is 0 Å². The number of hydrogen-bond donors (Lipinski definition) is 1. The van der Waals surface area contributed by atoms with Gasteiger partial charge in [0.1, 0.15) is 0 Å². The van der Waals surface area contributed by atoms with Gasteiger partial charge in [-0.1, -0.05) is 6.92 Å². The van der Waals surface area contributed by atoms with Gasteiger partial charge >= 0.3 is 0 Å². The first-order valence-corrected chi connectivity index (χ1v) is 6.34. The standard InChI is InChI=1S/C11H19ClN2O2/c1-2-11(16)14-7-4-9(5-8-14)13-10(15)3-6-12/h9H,2-8H2,1H3,(H,13,15). The average Bonchev–Trinajstić information content (AvgIpc) is 2.29. The number of alkyl halides is 1. The lowest BCUT2D eigenvalue weighted by atomic mass is 10.0. The Kier molecular flexibility index (Phi) is 5.60. The quantitative estimate of drug-likeness (QED) is 0.756. The van der Waals surface area contributed by atoms with Crippen molar-refractivity contribution in [2.75, 3.05) is 19.0 Å². The van der Waals surface area contributed by atoms with Crippen molar-refractivity contribution in [3.8, 4) is 0 Å². The molecule has 0 saturated carbocycles. The minimum absolute atomic E-state index is 0.00951. The summed E-state index contributed by atoms with van der Waals surface area (Å²) in [6.45, 7) is 3.37. The van der Waals surface area contributed by atoms with E-state index in [9.17, 15) is 9.59 Å². The van der Waals surface area contributed by atoms with Crippen LogP contribution in [-0.2, 0) is 9.59 Å². The zero-order chi connectivity index (χ0) is 12.0. The van der Waals surface area contributed by atoms with E-state index in [4.69, 9.17) is 11.6 Å². The molecular formula is C11H19ClN2O2. The van der Waals surface area contributed by atoms with E-state index in [-0.39, 0.29) is 17.9 Å². The van der Waals surface area contributed by atoms with Gasteiger partial charge in [0, 0.05) is 37.9 Å². The molecule has 1 heterocycles. The average molecular weight is 247 g/mol. The Morgan fingerprint density at radius 3 is 2.50 bits per heavy atom. The zero-order valence-corrected chi connectivity index (χ0v) is 10.4. The molecule has 0 aliphatic carbocycles. The third kappa shape index (κ3) is 4.00. The number of piperidine rings is 1. The molecule has 1 rings (SSSR count). The first kappa shape index (κ1) is 13.3. The summed E-state index contributed by atoms with van der Waals surface area (Å²) in [5, 5.41) is 2.94. The molecule has 0 unspecified atom stereocenters. The molecule has 1 aliphatic heterocycles. The maximum Gasteiger partial charge on any atom is 0.222 e. The van der Waals surface area contributed by atoms with Crippen molar-refractivity contribution in [1.82, 2.24) is 10.2 Å². The Morgan fingerprint density at radius 1 is 1.38 bits per heavy atom. The Morgan fingerprint density at radius 2 is 2.00 bits per heavy atom. The van der Waals surface area contributed by atoms with Crippen LogP contribution in [0.15, 0.2) is 0 Å². The van der Waals surface area contributed by atoms with Gasteiger partial charge in [-0.25, -0.2) is 0 Å². The second-order valence-electron chi connectivity index (χ2n) is 4.02. The van der Waals surface area contributed by atoms with Crippen molar-refractivity contribution >= 4 is 23.4 Å². The molecule has 92 valence electrons.